The lowest BCUT2D eigenvalue weighted by Crippen LogP contribution is -2.15. The lowest BCUT2D eigenvalue weighted by molar-refractivity contribution is 0.100. The quantitative estimate of drug-likeness (QED) is 0.754. The third-order valence-corrected chi connectivity index (χ3v) is 2.16. The second-order valence-electron chi connectivity index (χ2n) is 3.30. The molecule has 0 fully saturated rings. The van der Waals surface area contributed by atoms with Crippen LogP contribution in [0.25, 0.3) is 11.5 Å². The summed E-state index contributed by atoms with van der Waals surface area (Å²) < 4.78 is 4.96. The Balaban J connectivity index is 2.45. The predicted octanol–water partition coefficient (Wildman–Crippen LogP) is -0.377. The van der Waals surface area contributed by atoms with Gasteiger partial charge in [0.2, 0.25) is 5.88 Å². The first-order valence-electron chi connectivity index (χ1n) is 4.90. The van der Waals surface area contributed by atoms with Crippen molar-refractivity contribution in [2.75, 3.05) is 12.8 Å². The van der Waals surface area contributed by atoms with Crippen molar-refractivity contribution in [2.45, 2.75) is 0 Å². The van der Waals surface area contributed by atoms with Crippen LogP contribution in [0.2, 0.25) is 0 Å². The van der Waals surface area contributed by atoms with Gasteiger partial charge in [-0.25, -0.2) is 19.9 Å². The number of nitrogen functional groups attached to an aromatic ring is 1. The van der Waals surface area contributed by atoms with E-state index in [1.54, 1.807) is 6.07 Å². The van der Waals surface area contributed by atoms with Crippen LogP contribution in [0.1, 0.15) is 10.4 Å². The molecule has 2 aromatic heterocycles. The minimum atomic E-state index is -0.681. The van der Waals surface area contributed by atoms with E-state index in [2.05, 4.69) is 19.9 Å². The van der Waals surface area contributed by atoms with Crippen LogP contribution < -0.4 is 16.2 Å². The van der Waals surface area contributed by atoms with Crippen LogP contribution in [0.15, 0.2) is 18.6 Å². The monoisotopic (exact) mass is 246 g/mol. The zero-order chi connectivity index (χ0) is 13.1. The predicted molar refractivity (Wildman–Crippen MR) is 62.5 cm³/mol. The number of amides is 1. The van der Waals surface area contributed by atoms with Crippen LogP contribution in [-0.4, -0.2) is 33.0 Å². The fourth-order valence-electron chi connectivity index (χ4n) is 1.28. The first kappa shape index (κ1) is 11.7. The molecule has 2 aromatic rings. The van der Waals surface area contributed by atoms with E-state index in [4.69, 9.17) is 16.2 Å². The third kappa shape index (κ3) is 2.17. The van der Waals surface area contributed by atoms with Crippen LogP contribution in [-0.2, 0) is 0 Å². The summed E-state index contributed by atoms with van der Waals surface area (Å²) in [6.07, 6.45) is 2.57. The van der Waals surface area contributed by atoms with Gasteiger partial charge in [-0.2, -0.15) is 0 Å². The van der Waals surface area contributed by atoms with Crippen molar-refractivity contribution in [3.8, 4) is 17.4 Å². The third-order valence-electron chi connectivity index (χ3n) is 2.16. The molecule has 0 radical (unpaired) electrons. The molecule has 0 aliphatic rings. The van der Waals surface area contributed by atoms with E-state index in [1.807, 2.05) is 0 Å². The molecule has 0 atom stereocenters. The van der Waals surface area contributed by atoms with Gasteiger partial charge < -0.3 is 16.2 Å². The number of aromatic nitrogens is 4. The highest BCUT2D eigenvalue weighted by molar-refractivity contribution is 5.96. The molecule has 0 unspecified atom stereocenters. The second-order valence-corrected chi connectivity index (χ2v) is 3.30. The molecule has 2 rings (SSSR count). The van der Waals surface area contributed by atoms with Crippen molar-refractivity contribution in [1.29, 1.82) is 0 Å². The van der Waals surface area contributed by atoms with Gasteiger partial charge in [0.25, 0.3) is 5.91 Å². The molecule has 92 valence electrons. The largest absolute Gasteiger partial charge is 0.481 e. The molecular weight excluding hydrogens is 236 g/mol. The van der Waals surface area contributed by atoms with E-state index in [0.29, 0.717) is 11.6 Å². The summed E-state index contributed by atoms with van der Waals surface area (Å²) in [5.41, 5.74) is 11.2. The van der Waals surface area contributed by atoms with Crippen LogP contribution >= 0.6 is 0 Å². The number of nitrogens with zero attached hydrogens (tertiary/aromatic N) is 4. The average molecular weight is 246 g/mol. The number of methoxy groups -OCH3 is 1. The molecule has 0 aliphatic carbocycles. The van der Waals surface area contributed by atoms with E-state index in [-0.39, 0.29) is 17.2 Å². The smallest absolute Gasteiger partial charge is 0.254 e. The molecule has 2 heterocycles. The summed E-state index contributed by atoms with van der Waals surface area (Å²) in [5.74, 6) is -0.0382. The minimum absolute atomic E-state index is 0.00470. The molecular formula is C10H10N6O2. The SMILES string of the molecule is COc1cc(-c2ncc(C(N)=O)c(N)n2)ncn1. The fraction of sp³-hybridized carbons (Fsp3) is 0.100. The van der Waals surface area contributed by atoms with E-state index in [9.17, 15) is 4.79 Å². The van der Waals surface area contributed by atoms with Crippen LogP contribution in [0, 0.1) is 0 Å². The number of carbonyl (C=O) groups is 1. The molecule has 1 amide bonds. The molecule has 0 saturated heterocycles. The van der Waals surface area contributed by atoms with Crippen molar-refractivity contribution in [1.82, 2.24) is 19.9 Å². The van der Waals surface area contributed by atoms with Crippen molar-refractivity contribution in [3.05, 3.63) is 24.2 Å². The normalized spacial score (nSPS) is 10.1. The van der Waals surface area contributed by atoms with Gasteiger partial charge in [-0.3, -0.25) is 4.79 Å². The number of rotatable bonds is 3. The van der Waals surface area contributed by atoms with Gasteiger partial charge in [0.1, 0.15) is 17.8 Å². The highest BCUT2D eigenvalue weighted by Crippen LogP contribution is 2.17. The van der Waals surface area contributed by atoms with E-state index in [1.165, 1.54) is 19.6 Å². The van der Waals surface area contributed by atoms with Gasteiger partial charge in [0, 0.05) is 12.3 Å². The lowest BCUT2D eigenvalue weighted by atomic mass is 10.3. The summed E-state index contributed by atoms with van der Waals surface area (Å²) in [4.78, 5) is 26.8. The number of anilines is 1. The Morgan fingerprint density at radius 1 is 1.33 bits per heavy atom. The first-order chi connectivity index (χ1) is 8.61. The van der Waals surface area contributed by atoms with E-state index >= 15 is 0 Å². The molecule has 18 heavy (non-hydrogen) atoms. The van der Waals surface area contributed by atoms with E-state index < -0.39 is 5.91 Å². The van der Waals surface area contributed by atoms with Crippen LogP contribution in [0.3, 0.4) is 0 Å². The number of carbonyl (C=O) groups excluding carboxylic acids is 1. The molecule has 8 heteroatoms. The van der Waals surface area contributed by atoms with Gasteiger partial charge in [-0.15, -0.1) is 0 Å². The molecule has 0 aromatic carbocycles. The Kier molecular flexibility index (Phi) is 3.00. The maximum absolute atomic E-state index is 11.0. The number of hydrogen-bond acceptors (Lipinski definition) is 7. The summed E-state index contributed by atoms with van der Waals surface area (Å²) in [7, 11) is 1.48. The highest BCUT2D eigenvalue weighted by Gasteiger charge is 2.11. The average Bonchev–Trinajstić information content (AvgIpc) is 2.38. The van der Waals surface area contributed by atoms with Crippen molar-refractivity contribution >= 4 is 11.7 Å². The standard InChI is InChI=1S/C10H10N6O2/c1-18-7-2-6(14-4-15-7)10-13-3-5(9(12)17)8(11)16-10/h2-4H,1H3,(H2,12,17)(H2,11,13,16). The zero-order valence-electron chi connectivity index (χ0n) is 9.49. The summed E-state index contributed by atoms with van der Waals surface area (Å²) in [6.45, 7) is 0. The van der Waals surface area contributed by atoms with Gasteiger partial charge in [0.05, 0.1) is 12.7 Å². The maximum Gasteiger partial charge on any atom is 0.254 e. The number of hydrogen-bond donors (Lipinski definition) is 2. The van der Waals surface area contributed by atoms with Gasteiger partial charge in [-0.1, -0.05) is 0 Å². The molecule has 8 nitrogen and oxygen atoms in total. The van der Waals surface area contributed by atoms with Crippen LogP contribution in [0.5, 0.6) is 5.88 Å². The van der Waals surface area contributed by atoms with Crippen molar-refractivity contribution in [2.24, 2.45) is 5.73 Å². The topological polar surface area (TPSA) is 130 Å². The Labute approximate surface area is 102 Å². The first-order valence-corrected chi connectivity index (χ1v) is 4.90. The lowest BCUT2D eigenvalue weighted by Gasteiger charge is -2.04. The Morgan fingerprint density at radius 2 is 2.11 bits per heavy atom. The van der Waals surface area contributed by atoms with Gasteiger partial charge in [-0.05, 0) is 0 Å². The fourth-order valence-corrected chi connectivity index (χ4v) is 1.28. The molecule has 0 spiro atoms. The minimum Gasteiger partial charge on any atom is -0.481 e. The molecule has 0 aliphatic heterocycles. The van der Waals surface area contributed by atoms with Crippen LogP contribution in [0.4, 0.5) is 5.82 Å². The maximum atomic E-state index is 11.0. The van der Waals surface area contributed by atoms with Crippen molar-refractivity contribution < 1.29 is 9.53 Å². The number of nitrogens with two attached hydrogens (primary N) is 2. The molecule has 0 saturated carbocycles. The zero-order valence-corrected chi connectivity index (χ0v) is 9.49. The second kappa shape index (κ2) is 4.62. The summed E-state index contributed by atoms with van der Waals surface area (Å²) in [6, 6.07) is 1.55. The Hall–Kier alpha value is -2.77. The van der Waals surface area contributed by atoms with Crippen molar-refractivity contribution in [3.63, 3.8) is 0 Å². The number of ether oxygens (including phenoxy) is 1. The van der Waals surface area contributed by atoms with Gasteiger partial charge in [0.15, 0.2) is 5.82 Å². The summed E-state index contributed by atoms with van der Waals surface area (Å²) in [5, 5.41) is 0. The summed E-state index contributed by atoms with van der Waals surface area (Å²) >= 11 is 0. The Morgan fingerprint density at radius 3 is 2.72 bits per heavy atom. The highest BCUT2D eigenvalue weighted by atomic mass is 16.5. The van der Waals surface area contributed by atoms with Gasteiger partial charge >= 0.3 is 0 Å². The number of primary amides is 1. The Bertz CT molecular complexity index is 601. The molecule has 0 bridgehead atoms. The molecule has 4 N–H and O–H groups in total. The van der Waals surface area contributed by atoms with E-state index in [0.717, 1.165) is 0 Å².